The highest BCUT2D eigenvalue weighted by molar-refractivity contribution is 7.87. The molecule has 0 saturated carbocycles. The van der Waals surface area contributed by atoms with Gasteiger partial charge in [-0.2, -0.15) is 17.0 Å². The Kier molecular flexibility index (Phi) is 7.87. The summed E-state index contributed by atoms with van der Waals surface area (Å²) in [6.07, 6.45) is -1.14. The number of methoxy groups -OCH3 is 2. The van der Waals surface area contributed by atoms with Crippen LogP contribution in [0.2, 0.25) is 0 Å². The van der Waals surface area contributed by atoms with E-state index in [1.54, 1.807) is 25.3 Å². The molecule has 2 aromatic carbocycles. The van der Waals surface area contributed by atoms with E-state index in [9.17, 15) is 13.5 Å². The minimum absolute atomic E-state index is 0. The first-order valence-corrected chi connectivity index (χ1v) is 10.2. The predicted octanol–water partition coefficient (Wildman–Crippen LogP) is 1.47. The minimum Gasteiger partial charge on any atom is -0.497 e. The summed E-state index contributed by atoms with van der Waals surface area (Å²) in [4.78, 5) is 0. The molecule has 10 heteroatoms. The Labute approximate surface area is 177 Å². The summed E-state index contributed by atoms with van der Waals surface area (Å²) >= 11 is 0. The Hall–Kier alpha value is -1.88. The van der Waals surface area contributed by atoms with E-state index in [1.807, 2.05) is 24.3 Å². The van der Waals surface area contributed by atoms with Gasteiger partial charge in [0.15, 0.2) is 0 Å². The fourth-order valence-electron chi connectivity index (χ4n) is 3.14. The van der Waals surface area contributed by atoms with Gasteiger partial charge in [-0.05, 0) is 17.2 Å². The highest BCUT2D eigenvalue weighted by Crippen LogP contribution is 2.30. The monoisotopic (exact) mass is 443 g/mol. The summed E-state index contributed by atoms with van der Waals surface area (Å²) in [5, 5.41) is 10.4. The number of β-amino-alcohol motifs (C(OH)–C–C–N with tert-alkyl or cyclic N) is 1. The molecule has 8 nitrogen and oxygen atoms in total. The van der Waals surface area contributed by atoms with Crippen molar-refractivity contribution < 1.29 is 23.0 Å². The number of aliphatic hydroxyl groups is 1. The molecule has 29 heavy (non-hydrogen) atoms. The lowest BCUT2D eigenvalue weighted by molar-refractivity contribution is 0.0708. The highest BCUT2D eigenvalue weighted by atomic mass is 35.5. The molecule has 0 radical (unpaired) electrons. The number of benzene rings is 2. The van der Waals surface area contributed by atoms with Gasteiger partial charge in [-0.25, -0.2) is 0 Å². The third-order valence-electron chi connectivity index (χ3n) is 4.76. The standard InChI is InChI=1S/C19H25N3O5S.ClH/c1-26-17-8-7-16(18(9-17)27-2)12-22-19(23)13-21(28(22,24)25)11-15-5-3-14(10-20)4-6-15;/h3-9,19,23H,10-13,20H2,1-2H3;1H. The van der Waals surface area contributed by atoms with Crippen LogP contribution in [-0.2, 0) is 29.8 Å². The van der Waals surface area contributed by atoms with Crippen molar-refractivity contribution in [2.45, 2.75) is 25.9 Å². The molecule has 0 amide bonds. The molecule has 2 aromatic rings. The van der Waals surface area contributed by atoms with E-state index in [-0.39, 0.29) is 32.0 Å². The zero-order valence-corrected chi connectivity index (χ0v) is 17.9. The predicted molar refractivity (Wildman–Crippen MR) is 112 cm³/mol. The summed E-state index contributed by atoms with van der Waals surface area (Å²) in [7, 11) is -0.777. The molecule has 1 aliphatic rings. The summed E-state index contributed by atoms with van der Waals surface area (Å²) in [6, 6.07) is 12.6. The molecule has 1 aliphatic heterocycles. The average Bonchev–Trinajstić information content (AvgIpc) is 2.91. The number of hydrogen-bond acceptors (Lipinski definition) is 6. The lowest BCUT2D eigenvalue weighted by Gasteiger charge is -2.21. The second-order valence-corrected chi connectivity index (χ2v) is 8.41. The van der Waals surface area contributed by atoms with Gasteiger partial charge in [-0.1, -0.05) is 30.3 Å². The number of aliphatic hydroxyl groups excluding tert-OH is 1. The van der Waals surface area contributed by atoms with E-state index in [0.29, 0.717) is 23.6 Å². The Balaban J connectivity index is 0.00000300. The number of hydrogen-bond donors (Lipinski definition) is 2. The first-order chi connectivity index (χ1) is 13.4. The minimum atomic E-state index is -3.82. The molecule has 0 aliphatic carbocycles. The smallest absolute Gasteiger partial charge is 0.284 e. The fourth-order valence-corrected chi connectivity index (χ4v) is 4.74. The molecule has 160 valence electrons. The molecule has 1 heterocycles. The normalized spacial score (nSPS) is 19.0. The quantitative estimate of drug-likeness (QED) is 0.671. The van der Waals surface area contributed by atoms with Crippen LogP contribution >= 0.6 is 12.4 Å². The maximum Gasteiger partial charge on any atom is 0.284 e. The van der Waals surface area contributed by atoms with E-state index < -0.39 is 16.4 Å². The van der Waals surface area contributed by atoms with Gasteiger partial charge >= 0.3 is 0 Å². The summed E-state index contributed by atoms with van der Waals surface area (Å²) < 4.78 is 38.8. The Bertz CT molecular complexity index is 924. The second kappa shape index (κ2) is 9.75. The van der Waals surface area contributed by atoms with Gasteiger partial charge in [0.05, 0.1) is 20.8 Å². The van der Waals surface area contributed by atoms with Crippen LogP contribution in [0.25, 0.3) is 0 Å². The molecule has 3 N–H and O–H groups in total. The van der Waals surface area contributed by atoms with Gasteiger partial charge in [-0.3, -0.25) is 0 Å². The topological polar surface area (TPSA) is 105 Å². The van der Waals surface area contributed by atoms with Crippen molar-refractivity contribution in [1.29, 1.82) is 0 Å². The number of ether oxygens (including phenoxy) is 2. The van der Waals surface area contributed by atoms with E-state index in [1.165, 1.54) is 11.4 Å². The van der Waals surface area contributed by atoms with Crippen LogP contribution in [0.4, 0.5) is 0 Å². The average molecular weight is 444 g/mol. The van der Waals surface area contributed by atoms with E-state index in [0.717, 1.165) is 15.4 Å². The van der Waals surface area contributed by atoms with Crippen LogP contribution < -0.4 is 15.2 Å². The fraction of sp³-hybridized carbons (Fsp3) is 0.368. The summed E-state index contributed by atoms with van der Waals surface area (Å²) in [5.74, 6) is 1.10. The second-order valence-electron chi connectivity index (χ2n) is 6.52. The molecule has 3 rings (SSSR count). The van der Waals surface area contributed by atoms with Crippen LogP contribution in [0.5, 0.6) is 11.5 Å². The summed E-state index contributed by atoms with van der Waals surface area (Å²) in [6.45, 7) is 0.609. The molecular weight excluding hydrogens is 418 g/mol. The highest BCUT2D eigenvalue weighted by Gasteiger charge is 2.43. The van der Waals surface area contributed by atoms with Crippen molar-refractivity contribution in [2.24, 2.45) is 5.73 Å². The van der Waals surface area contributed by atoms with Crippen LogP contribution in [0.15, 0.2) is 42.5 Å². The number of nitrogens with two attached hydrogens (primary N) is 1. The Morgan fingerprint density at radius 1 is 1.07 bits per heavy atom. The molecule has 1 fully saturated rings. The Morgan fingerprint density at radius 2 is 1.72 bits per heavy atom. The lowest BCUT2D eigenvalue weighted by atomic mass is 10.1. The van der Waals surface area contributed by atoms with E-state index in [2.05, 4.69) is 0 Å². The first kappa shape index (κ1) is 23.4. The first-order valence-electron chi connectivity index (χ1n) is 8.82. The van der Waals surface area contributed by atoms with Crippen molar-refractivity contribution in [1.82, 2.24) is 8.61 Å². The van der Waals surface area contributed by atoms with Gasteiger partial charge in [0.2, 0.25) is 0 Å². The number of nitrogens with zero attached hydrogens (tertiary/aromatic N) is 2. The van der Waals surface area contributed by atoms with Gasteiger partial charge in [0, 0.05) is 31.3 Å². The largest absolute Gasteiger partial charge is 0.497 e. The molecule has 1 atom stereocenters. The molecule has 1 unspecified atom stereocenters. The van der Waals surface area contributed by atoms with Crippen LogP contribution in [0.3, 0.4) is 0 Å². The maximum atomic E-state index is 13.0. The zero-order chi connectivity index (χ0) is 20.3. The molecule has 1 saturated heterocycles. The van der Waals surface area contributed by atoms with Crippen molar-refractivity contribution in [3.63, 3.8) is 0 Å². The van der Waals surface area contributed by atoms with Crippen molar-refractivity contribution in [3.8, 4) is 11.5 Å². The number of rotatable bonds is 7. The van der Waals surface area contributed by atoms with Crippen molar-refractivity contribution in [2.75, 3.05) is 20.8 Å². The van der Waals surface area contributed by atoms with Gasteiger partial charge in [0.25, 0.3) is 10.2 Å². The maximum absolute atomic E-state index is 13.0. The van der Waals surface area contributed by atoms with Gasteiger partial charge < -0.3 is 20.3 Å². The number of halogens is 1. The van der Waals surface area contributed by atoms with Crippen LogP contribution in [0.1, 0.15) is 16.7 Å². The zero-order valence-electron chi connectivity index (χ0n) is 16.3. The Morgan fingerprint density at radius 3 is 2.31 bits per heavy atom. The third kappa shape index (κ3) is 5.00. The molecule has 0 aromatic heterocycles. The third-order valence-corrected chi connectivity index (χ3v) is 6.66. The van der Waals surface area contributed by atoms with Crippen LogP contribution in [-0.4, -0.2) is 49.1 Å². The van der Waals surface area contributed by atoms with Crippen molar-refractivity contribution in [3.05, 3.63) is 59.2 Å². The van der Waals surface area contributed by atoms with E-state index in [4.69, 9.17) is 15.2 Å². The van der Waals surface area contributed by atoms with E-state index >= 15 is 0 Å². The molecule has 0 bridgehead atoms. The van der Waals surface area contributed by atoms with Gasteiger partial charge in [-0.15, -0.1) is 12.4 Å². The van der Waals surface area contributed by atoms with Crippen molar-refractivity contribution >= 4 is 22.6 Å². The van der Waals surface area contributed by atoms with Gasteiger partial charge in [0.1, 0.15) is 17.7 Å². The lowest BCUT2D eigenvalue weighted by Crippen LogP contribution is -2.35. The van der Waals surface area contributed by atoms with Crippen LogP contribution in [0, 0.1) is 0 Å². The molecular formula is C19H26ClN3O5S. The molecule has 0 spiro atoms. The SMILES string of the molecule is COc1ccc(CN2C(O)CN(Cc3ccc(CN)cc3)S2(=O)=O)c(OC)c1.Cl. The summed E-state index contributed by atoms with van der Waals surface area (Å²) in [5.41, 5.74) is 8.04.